The smallest absolute Gasteiger partial charge is 0.278 e. The standard InChI is InChI=1S/C23H29N7O5/c1-3-30-22(32)15-5-7-17(35-12-4-9-29-10-13-34-14-11-29)20(33-2)19(15)25-23(30)26-21(31)16-6-8-18(24)28-27-16/h5-8H,3-4,9-14H2,1-2H3,(H2,24,28)(H,25,26,31). The van der Waals surface area contributed by atoms with E-state index in [-0.39, 0.29) is 23.0 Å². The molecule has 3 N–H and O–H groups in total. The van der Waals surface area contributed by atoms with Crippen LogP contribution in [-0.2, 0) is 11.3 Å². The zero-order valence-electron chi connectivity index (χ0n) is 19.8. The molecule has 1 aliphatic heterocycles. The van der Waals surface area contributed by atoms with E-state index in [1.54, 1.807) is 19.1 Å². The molecule has 12 heteroatoms. The van der Waals surface area contributed by atoms with Crippen LogP contribution in [0.5, 0.6) is 11.5 Å². The van der Waals surface area contributed by atoms with Crippen molar-refractivity contribution >= 4 is 28.6 Å². The number of methoxy groups -OCH3 is 1. The average Bonchev–Trinajstić information content (AvgIpc) is 2.87. The van der Waals surface area contributed by atoms with E-state index in [9.17, 15) is 9.59 Å². The fourth-order valence-electron chi connectivity index (χ4n) is 3.87. The third-order valence-electron chi connectivity index (χ3n) is 5.69. The van der Waals surface area contributed by atoms with Gasteiger partial charge in [-0.3, -0.25) is 24.4 Å². The molecule has 1 aliphatic rings. The molecule has 1 aromatic carbocycles. The molecule has 1 saturated heterocycles. The zero-order valence-corrected chi connectivity index (χ0v) is 19.8. The first-order valence-electron chi connectivity index (χ1n) is 11.5. The van der Waals surface area contributed by atoms with Crippen molar-refractivity contribution in [1.82, 2.24) is 24.6 Å². The van der Waals surface area contributed by atoms with Crippen LogP contribution in [0.1, 0.15) is 23.8 Å². The highest BCUT2D eigenvalue weighted by atomic mass is 16.5. The number of hydrogen-bond donors (Lipinski definition) is 2. The van der Waals surface area contributed by atoms with Crippen LogP contribution in [0, 0.1) is 0 Å². The number of benzene rings is 1. The van der Waals surface area contributed by atoms with Gasteiger partial charge >= 0.3 is 0 Å². The molecule has 4 rings (SSSR count). The number of nitrogens with zero attached hydrogens (tertiary/aromatic N) is 5. The van der Waals surface area contributed by atoms with Gasteiger partial charge < -0.3 is 19.9 Å². The molecule has 186 valence electrons. The quantitative estimate of drug-likeness (QED) is 0.425. The fraction of sp³-hybridized carbons (Fsp3) is 0.435. The van der Waals surface area contributed by atoms with Gasteiger partial charge in [-0.2, -0.15) is 0 Å². The molecule has 3 heterocycles. The van der Waals surface area contributed by atoms with E-state index in [0.717, 1.165) is 39.3 Å². The topological polar surface area (TPSA) is 147 Å². The Morgan fingerprint density at radius 3 is 2.69 bits per heavy atom. The van der Waals surface area contributed by atoms with E-state index in [4.69, 9.17) is 19.9 Å². The Balaban J connectivity index is 1.58. The normalized spacial score (nSPS) is 14.1. The molecule has 1 amide bonds. The third kappa shape index (κ3) is 5.49. The predicted octanol–water partition coefficient (Wildman–Crippen LogP) is 1.15. The molecule has 0 atom stereocenters. The van der Waals surface area contributed by atoms with E-state index in [1.165, 1.54) is 23.8 Å². The summed E-state index contributed by atoms with van der Waals surface area (Å²) in [5.41, 5.74) is 5.57. The number of ether oxygens (including phenoxy) is 3. The number of nitrogens with two attached hydrogens (primary N) is 1. The maximum Gasteiger partial charge on any atom is 0.278 e. The lowest BCUT2D eigenvalue weighted by atomic mass is 10.2. The molecule has 0 radical (unpaired) electrons. The van der Waals surface area contributed by atoms with Crippen LogP contribution in [-0.4, -0.2) is 77.1 Å². The first-order chi connectivity index (χ1) is 17.0. The number of hydrogen-bond acceptors (Lipinski definition) is 10. The number of anilines is 2. The summed E-state index contributed by atoms with van der Waals surface area (Å²) in [5.74, 6) is 0.497. The van der Waals surface area contributed by atoms with Gasteiger partial charge in [0, 0.05) is 26.2 Å². The molecule has 35 heavy (non-hydrogen) atoms. The summed E-state index contributed by atoms with van der Waals surface area (Å²) in [7, 11) is 1.49. The lowest BCUT2D eigenvalue weighted by Gasteiger charge is -2.26. The number of rotatable bonds is 9. The molecular weight excluding hydrogens is 454 g/mol. The molecule has 0 spiro atoms. The molecule has 0 unspecified atom stereocenters. The van der Waals surface area contributed by atoms with E-state index < -0.39 is 5.91 Å². The number of carbonyl (C=O) groups is 1. The maximum atomic E-state index is 13.2. The van der Waals surface area contributed by atoms with Crippen LogP contribution >= 0.6 is 0 Å². The summed E-state index contributed by atoms with van der Waals surface area (Å²) < 4.78 is 18.3. The minimum absolute atomic E-state index is 0.0421. The Morgan fingerprint density at radius 2 is 2.00 bits per heavy atom. The number of carbonyl (C=O) groups excluding carboxylic acids is 1. The van der Waals surface area contributed by atoms with Crippen molar-refractivity contribution in [3.63, 3.8) is 0 Å². The molecule has 0 saturated carbocycles. The van der Waals surface area contributed by atoms with E-state index in [2.05, 4.69) is 25.4 Å². The predicted molar refractivity (Wildman–Crippen MR) is 130 cm³/mol. The Morgan fingerprint density at radius 1 is 1.20 bits per heavy atom. The van der Waals surface area contributed by atoms with Gasteiger partial charge in [-0.05, 0) is 37.6 Å². The average molecular weight is 484 g/mol. The van der Waals surface area contributed by atoms with Gasteiger partial charge in [0.2, 0.25) is 5.95 Å². The molecule has 1 fully saturated rings. The largest absolute Gasteiger partial charge is 0.491 e. The van der Waals surface area contributed by atoms with Crippen LogP contribution in [0.2, 0.25) is 0 Å². The summed E-state index contributed by atoms with van der Waals surface area (Å²) in [4.78, 5) is 32.7. The molecular formula is C23H29N7O5. The second-order valence-electron chi connectivity index (χ2n) is 7.93. The number of nitrogen functional groups attached to an aromatic ring is 1. The number of aromatic nitrogens is 4. The third-order valence-corrected chi connectivity index (χ3v) is 5.69. The van der Waals surface area contributed by atoms with Crippen LogP contribution in [0.3, 0.4) is 0 Å². The fourth-order valence-corrected chi connectivity index (χ4v) is 3.87. The van der Waals surface area contributed by atoms with Crippen molar-refractivity contribution in [3.8, 4) is 11.5 Å². The number of amides is 1. The summed E-state index contributed by atoms with van der Waals surface area (Å²) >= 11 is 0. The van der Waals surface area contributed by atoms with Gasteiger partial charge in [0.25, 0.3) is 11.5 Å². The van der Waals surface area contributed by atoms with Crippen molar-refractivity contribution < 1.29 is 19.0 Å². The van der Waals surface area contributed by atoms with Crippen molar-refractivity contribution in [3.05, 3.63) is 40.3 Å². The van der Waals surface area contributed by atoms with Crippen LogP contribution < -0.4 is 26.1 Å². The number of morpholine rings is 1. The summed E-state index contributed by atoms with van der Waals surface area (Å²) in [5, 5.41) is 10.5. The highest BCUT2D eigenvalue weighted by Gasteiger charge is 2.20. The van der Waals surface area contributed by atoms with Gasteiger partial charge in [-0.25, -0.2) is 4.98 Å². The summed E-state index contributed by atoms with van der Waals surface area (Å²) in [6.45, 7) is 6.82. The highest BCUT2D eigenvalue weighted by molar-refractivity contribution is 6.02. The minimum atomic E-state index is -0.569. The first-order valence-corrected chi connectivity index (χ1v) is 11.5. The second kappa shape index (κ2) is 11.1. The van der Waals surface area contributed by atoms with E-state index >= 15 is 0 Å². The Hall–Kier alpha value is -3.77. The molecule has 3 aromatic rings. The lowest BCUT2D eigenvalue weighted by molar-refractivity contribution is 0.0357. The van der Waals surface area contributed by atoms with Crippen molar-refractivity contribution in [2.45, 2.75) is 19.9 Å². The molecule has 12 nitrogen and oxygen atoms in total. The van der Waals surface area contributed by atoms with Crippen molar-refractivity contribution in [2.75, 3.05) is 57.6 Å². The summed E-state index contributed by atoms with van der Waals surface area (Å²) in [6.07, 6.45) is 0.829. The minimum Gasteiger partial charge on any atom is -0.491 e. The Labute approximate surface area is 202 Å². The Bertz CT molecular complexity index is 1240. The van der Waals surface area contributed by atoms with Crippen LogP contribution in [0.25, 0.3) is 10.9 Å². The SMILES string of the molecule is CCn1c(NC(=O)c2ccc(N)nn2)nc2c(OC)c(OCCCN3CCOCC3)ccc2c1=O. The number of fused-ring (bicyclic) bond motifs is 1. The maximum absolute atomic E-state index is 13.2. The van der Waals surface area contributed by atoms with Gasteiger partial charge in [0.1, 0.15) is 11.3 Å². The monoisotopic (exact) mass is 483 g/mol. The van der Waals surface area contributed by atoms with Crippen LogP contribution in [0.15, 0.2) is 29.1 Å². The highest BCUT2D eigenvalue weighted by Crippen LogP contribution is 2.34. The van der Waals surface area contributed by atoms with Gasteiger partial charge in [0.15, 0.2) is 17.2 Å². The Kier molecular flexibility index (Phi) is 7.73. The van der Waals surface area contributed by atoms with Crippen molar-refractivity contribution in [1.29, 1.82) is 0 Å². The number of nitrogens with one attached hydrogen (secondary N) is 1. The second-order valence-corrected chi connectivity index (χ2v) is 7.93. The van der Waals surface area contributed by atoms with E-state index in [1.807, 2.05) is 0 Å². The zero-order chi connectivity index (χ0) is 24.8. The van der Waals surface area contributed by atoms with Gasteiger partial charge in [-0.15, -0.1) is 10.2 Å². The molecule has 2 aromatic heterocycles. The van der Waals surface area contributed by atoms with Crippen molar-refractivity contribution in [2.24, 2.45) is 0 Å². The van der Waals surface area contributed by atoms with Crippen LogP contribution in [0.4, 0.5) is 11.8 Å². The van der Waals surface area contributed by atoms with Gasteiger partial charge in [-0.1, -0.05) is 0 Å². The first kappa shape index (κ1) is 24.4. The van der Waals surface area contributed by atoms with Gasteiger partial charge in [0.05, 0.1) is 32.3 Å². The lowest BCUT2D eigenvalue weighted by Crippen LogP contribution is -2.37. The molecule has 0 aliphatic carbocycles. The molecule has 0 bridgehead atoms. The van der Waals surface area contributed by atoms with E-state index in [0.29, 0.717) is 35.6 Å². The summed E-state index contributed by atoms with van der Waals surface area (Å²) in [6, 6.07) is 6.28.